The van der Waals surface area contributed by atoms with Gasteiger partial charge in [0.05, 0.1) is 15.5 Å². The van der Waals surface area contributed by atoms with Crippen LogP contribution < -0.4 is 11.1 Å². The summed E-state index contributed by atoms with van der Waals surface area (Å²) >= 11 is 3.16. The molecule has 0 fully saturated rings. The van der Waals surface area contributed by atoms with Gasteiger partial charge in [-0.3, -0.25) is 0 Å². The number of fused-ring (bicyclic) bond motifs is 1. The number of anilines is 3. The van der Waals surface area contributed by atoms with E-state index in [-0.39, 0.29) is 5.82 Å². The predicted octanol–water partition coefficient (Wildman–Crippen LogP) is 4.10. The second-order valence-electron chi connectivity index (χ2n) is 4.57. The van der Waals surface area contributed by atoms with E-state index in [1.54, 1.807) is 12.1 Å². The van der Waals surface area contributed by atoms with Crippen LogP contribution in [0.2, 0.25) is 0 Å². The van der Waals surface area contributed by atoms with Crippen LogP contribution in [0.15, 0.2) is 34.8 Å². The number of rotatable bonds is 2. The zero-order chi connectivity index (χ0) is 14.3. The Bertz CT molecular complexity index is 797. The predicted molar refractivity (Wildman–Crippen MR) is 82.6 cm³/mol. The summed E-state index contributed by atoms with van der Waals surface area (Å²) in [5, 5.41) is 3.08. The highest BCUT2D eigenvalue weighted by molar-refractivity contribution is 9.10. The van der Waals surface area contributed by atoms with Crippen molar-refractivity contribution in [1.29, 1.82) is 0 Å². The van der Waals surface area contributed by atoms with E-state index in [0.29, 0.717) is 21.8 Å². The largest absolute Gasteiger partial charge is 0.399 e. The van der Waals surface area contributed by atoms with Gasteiger partial charge in [-0.15, -0.1) is 0 Å². The van der Waals surface area contributed by atoms with Crippen LogP contribution in [0.1, 0.15) is 5.56 Å². The minimum atomic E-state index is -0.321. The Balaban J connectivity index is 1.99. The van der Waals surface area contributed by atoms with Crippen molar-refractivity contribution in [2.45, 2.75) is 6.92 Å². The third-order valence-electron chi connectivity index (χ3n) is 3.03. The van der Waals surface area contributed by atoms with Gasteiger partial charge in [0.15, 0.2) is 0 Å². The lowest BCUT2D eigenvalue weighted by Crippen LogP contribution is -1.96. The molecule has 4 nitrogen and oxygen atoms in total. The third kappa shape index (κ3) is 2.34. The smallest absolute Gasteiger partial charge is 0.205 e. The molecule has 1 heterocycles. The first-order valence-electron chi connectivity index (χ1n) is 6.01. The zero-order valence-electron chi connectivity index (χ0n) is 10.7. The minimum absolute atomic E-state index is 0.321. The lowest BCUT2D eigenvalue weighted by atomic mass is 10.2. The molecule has 0 saturated carbocycles. The molecular formula is C14H12BrFN4. The normalized spacial score (nSPS) is 10.9. The molecule has 3 rings (SSSR count). The molecule has 4 N–H and O–H groups in total. The first-order chi connectivity index (χ1) is 9.52. The van der Waals surface area contributed by atoms with Gasteiger partial charge in [0, 0.05) is 11.4 Å². The van der Waals surface area contributed by atoms with Crippen LogP contribution >= 0.6 is 15.9 Å². The minimum Gasteiger partial charge on any atom is -0.399 e. The van der Waals surface area contributed by atoms with Gasteiger partial charge in [-0.2, -0.15) is 0 Å². The number of H-pyrrole nitrogens is 1. The fourth-order valence-corrected chi connectivity index (χ4v) is 2.45. The van der Waals surface area contributed by atoms with Crippen LogP contribution in [0.5, 0.6) is 0 Å². The van der Waals surface area contributed by atoms with Crippen LogP contribution in [-0.4, -0.2) is 9.97 Å². The van der Waals surface area contributed by atoms with Crippen molar-refractivity contribution in [2.75, 3.05) is 11.1 Å². The SMILES string of the molecule is Cc1cc(Br)c(F)cc1Nc1nc2ccc(N)cc2[nH]1. The van der Waals surface area contributed by atoms with Crippen LogP contribution in [0.3, 0.4) is 0 Å². The molecule has 0 unspecified atom stereocenters. The van der Waals surface area contributed by atoms with Crippen LogP contribution in [0, 0.1) is 12.7 Å². The summed E-state index contributed by atoms with van der Waals surface area (Å²) in [6, 6.07) is 8.58. The van der Waals surface area contributed by atoms with Crippen molar-refractivity contribution < 1.29 is 4.39 Å². The van der Waals surface area contributed by atoms with E-state index < -0.39 is 0 Å². The summed E-state index contributed by atoms with van der Waals surface area (Å²) < 4.78 is 14.0. The zero-order valence-corrected chi connectivity index (χ0v) is 12.3. The Kier molecular flexibility index (Phi) is 3.10. The molecule has 0 atom stereocenters. The second kappa shape index (κ2) is 4.79. The number of halogens is 2. The van der Waals surface area contributed by atoms with Crippen molar-refractivity contribution in [3.8, 4) is 0 Å². The van der Waals surface area contributed by atoms with Crippen molar-refractivity contribution in [1.82, 2.24) is 9.97 Å². The molecular weight excluding hydrogens is 323 g/mol. The Morgan fingerprint density at radius 1 is 1.30 bits per heavy atom. The number of hydrogen-bond acceptors (Lipinski definition) is 3. The van der Waals surface area contributed by atoms with Gasteiger partial charge in [-0.05, 0) is 58.7 Å². The first-order valence-corrected chi connectivity index (χ1v) is 6.80. The lowest BCUT2D eigenvalue weighted by molar-refractivity contribution is 0.621. The lowest BCUT2D eigenvalue weighted by Gasteiger charge is -2.08. The van der Waals surface area contributed by atoms with Gasteiger partial charge < -0.3 is 16.0 Å². The number of nitrogen functional groups attached to an aromatic ring is 1. The average molecular weight is 335 g/mol. The molecule has 3 aromatic rings. The molecule has 0 radical (unpaired) electrons. The summed E-state index contributed by atoms with van der Waals surface area (Å²) in [7, 11) is 0. The van der Waals surface area contributed by atoms with E-state index in [2.05, 4.69) is 31.2 Å². The van der Waals surface area contributed by atoms with Crippen LogP contribution in [0.4, 0.5) is 21.7 Å². The number of aromatic amines is 1. The highest BCUT2D eigenvalue weighted by atomic mass is 79.9. The Labute approximate surface area is 123 Å². The topological polar surface area (TPSA) is 66.7 Å². The highest BCUT2D eigenvalue weighted by Gasteiger charge is 2.08. The van der Waals surface area contributed by atoms with E-state index >= 15 is 0 Å². The molecule has 0 aliphatic carbocycles. The van der Waals surface area contributed by atoms with Gasteiger partial charge in [-0.25, -0.2) is 9.37 Å². The molecule has 0 aliphatic rings. The van der Waals surface area contributed by atoms with Gasteiger partial charge in [0.25, 0.3) is 0 Å². The number of nitrogens with zero attached hydrogens (tertiary/aromatic N) is 1. The van der Waals surface area contributed by atoms with Crippen LogP contribution in [0.25, 0.3) is 11.0 Å². The summed E-state index contributed by atoms with van der Waals surface area (Å²) in [6.07, 6.45) is 0. The van der Waals surface area contributed by atoms with Gasteiger partial charge in [-0.1, -0.05) is 0 Å². The van der Waals surface area contributed by atoms with E-state index in [1.165, 1.54) is 6.07 Å². The fraction of sp³-hybridized carbons (Fsp3) is 0.0714. The Morgan fingerprint density at radius 3 is 2.90 bits per heavy atom. The first kappa shape index (κ1) is 12.9. The number of nitrogens with one attached hydrogen (secondary N) is 2. The molecule has 0 spiro atoms. The maximum absolute atomic E-state index is 13.6. The summed E-state index contributed by atoms with van der Waals surface area (Å²) in [4.78, 5) is 7.50. The molecule has 0 bridgehead atoms. The van der Waals surface area contributed by atoms with E-state index in [9.17, 15) is 4.39 Å². The van der Waals surface area contributed by atoms with Gasteiger partial charge >= 0.3 is 0 Å². The number of aromatic nitrogens is 2. The molecule has 102 valence electrons. The molecule has 0 saturated heterocycles. The van der Waals surface area contributed by atoms with E-state index in [0.717, 1.165) is 16.6 Å². The van der Waals surface area contributed by atoms with E-state index in [4.69, 9.17) is 5.73 Å². The number of hydrogen-bond donors (Lipinski definition) is 3. The maximum Gasteiger partial charge on any atom is 0.205 e. The molecule has 1 aromatic heterocycles. The van der Waals surface area contributed by atoms with E-state index in [1.807, 2.05) is 19.1 Å². The quantitative estimate of drug-likeness (QED) is 0.618. The standard InChI is InChI=1S/C14H12BrFN4/c1-7-4-9(15)10(16)6-12(7)19-14-18-11-3-2-8(17)5-13(11)20-14/h2-6H,17H2,1H3,(H2,18,19,20). The Morgan fingerprint density at radius 2 is 2.10 bits per heavy atom. The molecule has 20 heavy (non-hydrogen) atoms. The Hall–Kier alpha value is -2.08. The molecule has 0 amide bonds. The summed E-state index contributed by atoms with van der Waals surface area (Å²) in [5.74, 6) is 0.230. The fourth-order valence-electron chi connectivity index (χ4n) is 1.99. The third-order valence-corrected chi connectivity index (χ3v) is 3.63. The van der Waals surface area contributed by atoms with Crippen molar-refractivity contribution in [2.24, 2.45) is 0 Å². The monoisotopic (exact) mass is 334 g/mol. The van der Waals surface area contributed by atoms with Crippen LogP contribution in [-0.2, 0) is 0 Å². The molecule has 0 aliphatic heterocycles. The number of aryl methyl sites for hydroxylation is 1. The summed E-state index contributed by atoms with van der Waals surface area (Å²) in [5.41, 5.74) is 9.61. The molecule has 2 aromatic carbocycles. The number of nitrogens with two attached hydrogens (primary N) is 1. The number of imidazole rings is 1. The van der Waals surface area contributed by atoms with Crippen molar-refractivity contribution >= 4 is 44.3 Å². The highest BCUT2D eigenvalue weighted by Crippen LogP contribution is 2.26. The van der Waals surface area contributed by atoms with Crippen molar-refractivity contribution in [3.63, 3.8) is 0 Å². The molecule has 6 heteroatoms. The second-order valence-corrected chi connectivity index (χ2v) is 5.42. The van der Waals surface area contributed by atoms with Gasteiger partial charge in [0.2, 0.25) is 5.95 Å². The summed E-state index contributed by atoms with van der Waals surface area (Å²) in [6.45, 7) is 1.90. The van der Waals surface area contributed by atoms with Crippen molar-refractivity contribution in [3.05, 3.63) is 46.2 Å². The maximum atomic E-state index is 13.6. The number of benzene rings is 2. The van der Waals surface area contributed by atoms with Gasteiger partial charge in [0.1, 0.15) is 5.82 Å². The average Bonchev–Trinajstić information content (AvgIpc) is 2.77.